The minimum absolute atomic E-state index is 0.239. The molecule has 4 aromatic rings. The summed E-state index contributed by atoms with van der Waals surface area (Å²) in [5.41, 5.74) is 2.67. The smallest absolute Gasteiger partial charge is 0.260 e. The number of hydrogen-bond acceptors (Lipinski definition) is 4. The number of hydrogen-bond donors (Lipinski definition) is 0. The first-order chi connectivity index (χ1) is 15.7. The Hall–Kier alpha value is -3.82. The molecule has 3 aromatic carbocycles. The summed E-state index contributed by atoms with van der Waals surface area (Å²) < 4.78 is 14.3. The second-order valence-corrected chi connectivity index (χ2v) is 8.35. The molecule has 0 saturated carbocycles. The number of ether oxygens (including phenoxy) is 2. The van der Waals surface area contributed by atoms with Crippen LogP contribution in [0.2, 0.25) is 0 Å². The van der Waals surface area contributed by atoms with Crippen LogP contribution in [-0.4, -0.2) is 23.7 Å². The molecule has 5 rings (SSSR count). The number of benzene rings is 3. The lowest BCUT2D eigenvalue weighted by Crippen LogP contribution is -2.20. The van der Waals surface area contributed by atoms with E-state index in [0.29, 0.717) is 36.1 Å². The molecule has 1 aromatic heterocycles. The van der Waals surface area contributed by atoms with Crippen molar-refractivity contribution in [3.63, 3.8) is 0 Å². The quantitative estimate of drug-likeness (QED) is 0.443. The first-order valence-electron chi connectivity index (χ1n) is 10.3. The van der Waals surface area contributed by atoms with Gasteiger partial charge in [-0.3, -0.25) is 4.79 Å². The van der Waals surface area contributed by atoms with Gasteiger partial charge in [-0.15, -0.1) is 6.42 Å². The number of fused-ring (bicyclic) bond motifs is 2. The highest BCUT2D eigenvalue weighted by Crippen LogP contribution is 2.35. The van der Waals surface area contributed by atoms with Crippen molar-refractivity contribution in [2.24, 2.45) is 4.99 Å². The van der Waals surface area contributed by atoms with Crippen molar-refractivity contribution in [1.29, 1.82) is 0 Å². The highest BCUT2D eigenvalue weighted by atomic mass is 32.1. The lowest BCUT2D eigenvalue weighted by molar-refractivity contribution is -0.118. The number of aromatic nitrogens is 1. The van der Waals surface area contributed by atoms with Gasteiger partial charge in [0.15, 0.2) is 16.3 Å². The summed E-state index contributed by atoms with van der Waals surface area (Å²) in [5.74, 6) is 3.31. The van der Waals surface area contributed by atoms with Crippen LogP contribution in [0.25, 0.3) is 10.2 Å². The van der Waals surface area contributed by atoms with Crippen molar-refractivity contribution in [3.05, 3.63) is 88.7 Å². The van der Waals surface area contributed by atoms with Gasteiger partial charge < -0.3 is 14.0 Å². The predicted octanol–water partition coefficient (Wildman–Crippen LogP) is 4.37. The van der Waals surface area contributed by atoms with E-state index >= 15 is 0 Å². The summed E-state index contributed by atoms with van der Waals surface area (Å²) in [6.07, 6.45) is 5.64. The monoisotopic (exact) mass is 440 g/mol. The molecular weight excluding hydrogens is 420 g/mol. The zero-order chi connectivity index (χ0) is 21.9. The Morgan fingerprint density at radius 1 is 1.00 bits per heavy atom. The van der Waals surface area contributed by atoms with Gasteiger partial charge in [0.1, 0.15) is 13.2 Å². The summed E-state index contributed by atoms with van der Waals surface area (Å²) in [7, 11) is 0. The molecule has 0 aliphatic carbocycles. The maximum absolute atomic E-state index is 13.5. The van der Waals surface area contributed by atoms with Gasteiger partial charge in [0, 0.05) is 12.1 Å². The first kappa shape index (κ1) is 20.1. The van der Waals surface area contributed by atoms with Gasteiger partial charge in [0.2, 0.25) is 0 Å². The van der Waals surface area contributed by atoms with Crippen LogP contribution in [0.4, 0.5) is 0 Å². The number of nitrogens with zero attached hydrogens (tertiary/aromatic N) is 2. The fourth-order valence-corrected chi connectivity index (χ4v) is 4.91. The van der Waals surface area contributed by atoms with E-state index in [-0.39, 0.29) is 5.91 Å². The minimum atomic E-state index is -0.498. The van der Waals surface area contributed by atoms with Crippen molar-refractivity contribution in [2.45, 2.75) is 12.5 Å². The Bertz CT molecular complexity index is 1340. The Labute approximate surface area is 189 Å². The largest absolute Gasteiger partial charge is 0.486 e. The highest BCUT2D eigenvalue weighted by molar-refractivity contribution is 7.16. The van der Waals surface area contributed by atoms with Gasteiger partial charge >= 0.3 is 0 Å². The maximum Gasteiger partial charge on any atom is 0.260 e. The van der Waals surface area contributed by atoms with E-state index in [4.69, 9.17) is 15.9 Å². The molecule has 158 valence electrons. The summed E-state index contributed by atoms with van der Waals surface area (Å²) in [5, 5.41) is 0. The second kappa shape index (κ2) is 8.74. The van der Waals surface area contributed by atoms with Crippen LogP contribution < -0.4 is 14.3 Å². The third kappa shape index (κ3) is 3.79. The van der Waals surface area contributed by atoms with E-state index in [2.05, 4.69) is 10.9 Å². The normalized spacial score (nSPS) is 13.3. The summed E-state index contributed by atoms with van der Waals surface area (Å²) in [4.78, 5) is 18.6. The molecular formula is C26H20N2O3S. The number of thiazole rings is 1. The van der Waals surface area contributed by atoms with E-state index in [1.807, 2.05) is 77.4 Å². The highest BCUT2D eigenvalue weighted by Gasteiger charge is 2.23. The van der Waals surface area contributed by atoms with Crippen molar-refractivity contribution in [2.75, 3.05) is 13.2 Å². The number of carbonyl (C=O) groups is 1. The van der Waals surface area contributed by atoms with Crippen LogP contribution in [0.5, 0.6) is 11.5 Å². The lowest BCUT2D eigenvalue weighted by Gasteiger charge is -2.18. The van der Waals surface area contributed by atoms with Crippen LogP contribution >= 0.6 is 11.3 Å². The molecule has 0 radical (unpaired) electrons. The number of rotatable bonds is 4. The molecule has 2 heterocycles. The maximum atomic E-state index is 13.5. The van der Waals surface area contributed by atoms with E-state index in [9.17, 15) is 4.79 Å². The van der Waals surface area contributed by atoms with Crippen molar-refractivity contribution in [3.8, 4) is 23.8 Å². The topological polar surface area (TPSA) is 52.8 Å². The molecule has 0 saturated heterocycles. The molecule has 0 spiro atoms. The zero-order valence-electron chi connectivity index (χ0n) is 17.2. The summed E-state index contributed by atoms with van der Waals surface area (Å²) in [6, 6.07) is 23.2. The zero-order valence-corrected chi connectivity index (χ0v) is 18.0. The van der Waals surface area contributed by atoms with E-state index in [0.717, 1.165) is 21.3 Å². The third-order valence-corrected chi connectivity index (χ3v) is 6.36. The Balaban J connectivity index is 1.65. The van der Waals surface area contributed by atoms with Crippen molar-refractivity contribution < 1.29 is 14.3 Å². The van der Waals surface area contributed by atoms with E-state index < -0.39 is 5.92 Å². The van der Waals surface area contributed by atoms with Crippen molar-refractivity contribution >= 4 is 27.5 Å². The molecule has 5 nitrogen and oxygen atoms in total. The van der Waals surface area contributed by atoms with Gasteiger partial charge in [-0.05, 0) is 11.1 Å². The fourth-order valence-electron chi connectivity index (χ4n) is 3.86. The van der Waals surface area contributed by atoms with Gasteiger partial charge in [0.05, 0.1) is 22.7 Å². The minimum Gasteiger partial charge on any atom is -0.486 e. The number of terminal acetylenes is 1. The Morgan fingerprint density at radius 2 is 1.59 bits per heavy atom. The van der Waals surface area contributed by atoms with Gasteiger partial charge in [-0.2, -0.15) is 4.99 Å². The molecule has 0 N–H and O–H groups in total. The summed E-state index contributed by atoms with van der Waals surface area (Å²) in [6.45, 7) is 1.32. The molecule has 32 heavy (non-hydrogen) atoms. The second-order valence-electron chi connectivity index (χ2n) is 7.34. The molecule has 1 aliphatic rings. The average Bonchev–Trinajstić information content (AvgIpc) is 3.15. The molecule has 0 fully saturated rings. The number of carbonyl (C=O) groups excluding carboxylic acids is 1. The van der Waals surface area contributed by atoms with Crippen LogP contribution in [0.3, 0.4) is 0 Å². The van der Waals surface area contributed by atoms with Crippen LogP contribution in [0.15, 0.2) is 77.8 Å². The molecule has 0 bridgehead atoms. The molecule has 0 unspecified atom stereocenters. The van der Waals surface area contributed by atoms with Gasteiger partial charge in [-0.1, -0.05) is 77.9 Å². The molecule has 0 atom stereocenters. The van der Waals surface area contributed by atoms with Gasteiger partial charge in [0.25, 0.3) is 5.91 Å². The van der Waals surface area contributed by atoms with Crippen LogP contribution in [-0.2, 0) is 11.3 Å². The van der Waals surface area contributed by atoms with Crippen LogP contribution in [0.1, 0.15) is 17.0 Å². The summed E-state index contributed by atoms with van der Waals surface area (Å²) >= 11 is 1.42. The molecule has 6 heteroatoms. The van der Waals surface area contributed by atoms with Crippen molar-refractivity contribution in [1.82, 2.24) is 4.57 Å². The third-order valence-electron chi connectivity index (χ3n) is 5.31. The Kier molecular flexibility index (Phi) is 5.49. The molecule has 1 aliphatic heterocycles. The predicted molar refractivity (Wildman–Crippen MR) is 125 cm³/mol. The van der Waals surface area contributed by atoms with E-state index in [1.165, 1.54) is 11.3 Å². The standard InChI is InChI=1S/C26H20N2O3S/c1-2-13-28-20-16-21-22(31-15-14-30-21)17-23(20)32-26(28)27-25(29)24(18-9-5-3-6-10-18)19-11-7-4-8-12-19/h1,3-12,16-17,24H,13-15H2. The van der Waals surface area contributed by atoms with Gasteiger partial charge in [-0.25, -0.2) is 0 Å². The average molecular weight is 441 g/mol. The SMILES string of the molecule is C#CCn1c(=NC(=O)C(c2ccccc2)c2ccccc2)sc2cc3c(cc21)OCCO3. The number of amides is 1. The molecule has 1 amide bonds. The van der Waals surface area contributed by atoms with E-state index in [1.54, 1.807) is 0 Å². The Morgan fingerprint density at radius 3 is 2.19 bits per heavy atom. The fraction of sp³-hybridized carbons (Fsp3) is 0.154. The van der Waals surface area contributed by atoms with Crippen LogP contribution in [0, 0.1) is 12.3 Å². The lowest BCUT2D eigenvalue weighted by atomic mass is 9.91. The first-order valence-corrected chi connectivity index (χ1v) is 11.1.